The lowest BCUT2D eigenvalue weighted by Crippen LogP contribution is -1.97. The number of nitro groups is 1. The summed E-state index contributed by atoms with van der Waals surface area (Å²) >= 11 is 0. The van der Waals surface area contributed by atoms with Crippen LogP contribution in [0.1, 0.15) is 5.56 Å². The minimum Gasteiger partial charge on any atom is -0.489 e. The predicted molar refractivity (Wildman–Crippen MR) is 88.1 cm³/mol. The van der Waals surface area contributed by atoms with Crippen LogP contribution in [0.4, 0.5) is 10.1 Å². The lowest BCUT2D eigenvalue weighted by atomic mass is 10.2. The monoisotopic (exact) mass is 340 g/mol. The first-order chi connectivity index (χ1) is 12.1. The molecule has 0 aliphatic carbocycles. The smallest absolute Gasteiger partial charge is 0.331 e. The van der Waals surface area contributed by atoms with Crippen molar-refractivity contribution < 1.29 is 18.8 Å². The van der Waals surface area contributed by atoms with Crippen LogP contribution in [-0.4, -0.2) is 9.91 Å². The largest absolute Gasteiger partial charge is 0.489 e. The second-order valence-electron chi connectivity index (χ2n) is 5.08. The molecule has 126 valence electrons. The summed E-state index contributed by atoms with van der Waals surface area (Å²) in [4.78, 5) is 14.3. The highest BCUT2D eigenvalue weighted by Crippen LogP contribution is 2.29. The van der Waals surface area contributed by atoms with E-state index in [0.29, 0.717) is 17.1 Å². The molecule has 0 aliphatic rings. The van der Waals surface area contributed by atoms with Gasteiger partial charge in [0.25, 0.3) is 5.88 Å². The molecule has 3 rings (SSSR count). The molecule has 6 nitrogen and oxygen atoms in total. The topological polar surface area (TPSA) is 74.5 Å². The van der Waals surface area contributed by atoms with E-state index < -0.39 is 4.92 Å². The molecule has 0 bridgehead atoms. The fourth-order valence-electron chi connectivity index (χ4n) is 2.11. The molecule has 25 heavy (non-hydrogen) atoms. The van der Waals surface area contributed by atoms with E-state index in [0.717, 1.165) is 0 Å². The number of hydrogen-bond donors (Lipinski definition) is 0. The van der Waals surface area contributed by atoms with Gasteiger partial charge in [-0.05, 0) is 48.0 Å². The number of benzene rings is 2. The van der Waals surface area contributed by atoms with Gasteiger partial charge >= 0.3 is 5.69 Å². The van der Waals surface area contributed by atoms with Crippen LogP contribution < -0.4 is 9.47 Å². The fraction of sp³-hybridized carbons (Fsp3) is 0.0556. The Bertz CT molecular complexity index is 884. The predicted octanol–water partition coefficient (Wildman–Crippen LogP) is 4.50. The standard InChI is InChI=1S/C18H13FN2O4/c19-14-4-1-3-13(11-14)12-24-15-6-8-16(9-7-15)25-18-17(21(22)23)5-2-10-20-18/h1-11H,12H2. The first kappa shape index (κ1) is 16.4. The lowest BCUT2D eigenvalue weighted by Gasteiger charge is -2.08. The van der Waals surface area contributed by atoms with Crippen molar-refractivity contribution in [3.05, 3.63) is 88.4 Å². The fourth-order valence-corrected chi connectivity index (χ4v) is 2.11. The van der Waals surface area contributed by atoms with Crippen molar-refractivity contribution in [2.24, 2.45) is 0 Å². The molecular formula is C18H13FN2O4. The minimum atomic E-state index is -0.557. The van der Waals surface area contributed by atoms with Crippen molar-refractivity contribution in [3.8, 4) is 17.4 Å². The van der Waals surface area contributed by atoms with Gasteiger partial charge in [-0.1, -0.05) is 12.1 Å². The summed E-state index contributed by atoms with van der Waals surface area (Å²) in [5.74, 6) is 0.551. The van der Waals surface area contributed by atoms with Gasteiger partial charge in [-0.2, -0.15) is 0 Å². The van der Waals surface area contributed by atoms with E-state index in [2.05, 4.69) is 4.98 Å². The first-order valence-corrected chi connectivity index (χ1v) is 7.36. The summed E-state index contributed by atoms with van der Waals surface area (Å²) in [6.45, 7) is 0.226. The molecule has 0 amide bonds. The Labute approximate surface area is 142 Å². The number of aromatic nitrogens is 1. The van der Waals surface area contributed by atoms with Gasteiger partial charge in [0.05, 0.1) is 4.92 Å². The maximum Gasteiger partial charge on any atom is 0.331 e. The molecule has 1 heterocycles. The third-order valence-corrected chi connectivity index (χ3v) is 3.28. The molecule has 0 saturated heterocycles. The molecule has 0 spiro atoms. The molecule has 0 atom stereocenters. The highest BCUT2D eigenvalue weighted by atomic mass is 19.1. The summed E-state index contributed by atoms with van der Waals surface area (Å²) in [6, 6.07) is 15.5. The van der Waals surface area contributed by atoms with Gasteiger partial charge in [-0.15, -0.1) is 0 Å². The Morgan fingerprint density at radius 2 is 1.80 bits per heavy atom. The normalized spacial score (nSPS) is 10.3. The molecule has 7 heteroatoms. The number of hydrogen-bond acceptors (Lipinski definition) is 5. The number of halogens is 1. The van der Waals surface area contributed by atoms with Gasteiger partial charge in [-0.25, -0.2) is 9.37 Å². The Morgan fingerprint density at radius 3 is 2.52 bits per heavy atom. The van der Waals surface area contributed by atoms with Crippen LogP contribution in [0.2, 0.25) is 0 Å². The van der Waals surface area contributed by atoms with E-state index >= 15 is 0 Å². The summed E-state index contributed by atoms with van der Waals surface area (Å²) in [6.07, 6.45) is 1.42. The third-order valence-electron chi connectivity index (χ3n) is 3.28. The van der Waals surface area contributed by atoms with Crippen molar-refractivity contribution in [2.75, 3.05) is 0 Å². The zero-order chi connectivity index (χ0) is 17.6. The number of nitrogens with zero attached hydrogens (tertiary/aromatic N) is 2. The minimum absolute atomic E-state index is 0.0825. The molecule has 1 aromatic heterocycles. The highest BCUT2D eigenvalue weighted by molar-refractivity contribution is 5.43. The number of rotatable bonds is 6. The van der Waals surface area contributed by atoms with Crippen LogP contribution in [0.5, 0.6) is 17.4 Å². The molecule has 0 unspecified atom stereocenters. The molecule has 0 radical (unpaired) electrons. The van der Waals surface area contributed by atoms with Crippen LogP contribution in [0.25, 0.3) is 0 Å². The van der Waals surface area contributed by atoms with Crippen LogP contribution in [0.15, 0.2) is 66.9 Å². The maximum absolute atomic E-state index is 13.1. The third kappa shape index (κ3) is 4.29. The van der Waals surface area contributed by atoms with E-state index in [1.807, 2.05) is 0 Å². The quantitative estimate of drug-likeness (QED) is 0.488. The van der Waals surface area contributed by atoms with Crippen LogP contribution in [0, 0.1) is 15.9 Å². The van der Waals surface area contributed by atoms with Gasteiger partial charge in [0.1, 0.15) is 23.9 Å². The summed E-state index contributed by atoms with van der Waals surface area (Å²) in [7, 11) is 0. The number of ether oxygens (including phenoxy) is 2. The average Bonchev–Trinajstić information content (AvgIpc) is 2.61. The van der Waals surface area contributed by atoms with E-state index in [4.69, 9.17) is 9.47 Å². The van der Waals surface area contributed by atoms with Crippen molar-refractivity contribution in [1.82, 2.24) is 4.98 Å². The summed E-state index contributed by atoms with van der Waals surface area (Å²) in [5.41, 5.74) is 0.498. The Kier molecular flexibility index (Phi) is 4.84. The maximum atomic E-state index is 13.1. The Balaban J connectivity index is 1.65. The van der Waals surface area contributed by atoms with Gasteiger partial charge in [0, 0.05) is 12.3 Å². The van der Waals surface area contributed by atoms with E-state index in [-0.39, 0.29) is 24.0 Å². The lowest BCUT2D eigenvalue weighted by molar-refractivity contribution is -0.386. The molecule has 2 aromatic carbocycles. The van der Waals surface area contributed by atoms with Crippen molar-refractivity contribution >= 4 is 5.69 Å². The Hall–Kier alpha value is -3.48. The molecular weight excluding hydrogens is 327 g/mol. The second-order valence-corrected chi connectivity index (χ2v) is 5.08. The molecule has 0 fully saturated rings. The SMILES string of the molecule is O=[N+]([O-])c1cccnc1Oc1ccc(OCc2cccc(F)c2)cc1. The molecule has 0 aliphatic heterocycles. The number of pyridine rings is 1. The van der Waals surface area contributed by atoms with Gasteiger partial charge in [-0.3, -0.25) is 10.1 Å². The zero-order valence-corrected chi connectivity index (χ0v) is 13.0. The highest BCUT2D eigenvalue weighted by Gasteiger charge is 2.16. The van der Waals surface area contributed by atoms with Gasteiger partial charge < -0.3 is 9.47 Å². The average molecular weight is 340 g/mol. The van der Waals surface area contributed by atoms with Crippen molar-refractivity contribution in [2.45, 2.75) is 6.61 Å². The second kappa shape index (κ2) is 7.39. The molecule has 0 N–H and O–H groups in total. The van der Waals surface area contributed by atoms with Crippen molar-refractivity contribution in [3.63, 3.8) is 0 Å². The first-order valence-electron chi connectivity index (χ1n) is 7.36. The molecule has 3 aromatic rings. The van der Waals surface area contributed by atoms with Gasteiger partial charge in [0.2, 0.25) is 0 Å². The van der Waals surface area contributed by atoms with Crippen LogP contribution >= 0.6 is 0 Å². The van der Waals surface area contributed by atoms with Crippen LogP contribution in [0.3, 0.4) is 0 Å². The summed E-state index contributed by atoms with van der Waals surface area (Å²) in [5, 5.41) is 10.9. The van der Waals surface area contributed by atoms with E-state index in [1.165, 1.54) is 30.5 Å². The van der Waals surface area contributed by atoms with Gasteiger partial charge in [0.15, 0.2) is 0 Å². The van der Waals surface area contributed by atoms with Crippen molar-refractivity contribution in [1.29, 1.82) is 0 Å². The molecule has 0 saturated carbocycles. The Morgan fingerprint density at radius 1 is 1.04 bits per heavy atom. The zero-order valence-electron chi connectivity index (χ0n) is 13.0. The summed E-state index contributed by atoms with van der Waals surface area (Å²) < 4.78 is 24.1. The van der Waals surface area contributed by atoms with Crippen LogP contribution in [-0.2, 0) is 6.61 Å². The van der Waals surface area contributed by atoms with E-state index in [1.54, 1.807) is 36.4 Å². The van der Waals surface area contributed by atoms with E-state index in [9.17, 15) is 14.5 Å².